The van der Waals surface area contributed by atoms with Crippen molar-refractivity contribution in [1.82, 2.24) is 0 Å². The summed E-state index contributed by atoms with van der Waals surface area (Å²) in [6.45, 7) is 4.35. The molecule has 0 saturated heterocycles. The van der Waals surface area contributed by atoms with Crippen molar-refractivity contribution in [2.75, 3.05) is 47.5 Å². The number of hydrogen-bond donors (Lipinski definition) is 0. The minimum absolute atomic E-state index is 0.0251. The third-order valence-corrected chi connectivity index (χ3v) is 23.7. The maximum atomic E-state index is 12.9. The van der Waals surface area contributed by atoms with Crippen molar-refractivity contribution in [1.29, 1.82) is 0 Å². The lowest BCUT2D eigenvalue weighted by atomic mass is 10.0. The van der Waals surface area contributed by atoms with E-state index in [1.807, 2.05) is 21.1 Å². The Kier molecular flexibility index (Phi) is 86.7. The van der Waals surface area contributed by atoms with Crippen LogP contribution in [0, 0.1) is 0 Å². The zero-order valence-electron chi connectivity index (χ0n) is 72.7. The summed E-state index contributed by atoms with van der Waals surface area (Å²) in [6.07, 6.45) is 114. The van der Waals surface area contributed by atoms with Crippen LogP contribution in [0.1, 0.15) is 540 Å². The van der Waals surface area contributed by atoms with Crippen LogP contribution in [0.5, 0.6) is 0 Å². The van der Waals surface area contributed by atoms with Gasteiger partial charge < -0.3 is 27.9 Å². The molecule has 10 heteroatoms. The second kappa shape index (κ2) is 87.7. The molecule has 0 aliphatic rings. The van der Waals surface area contributed by atoms with Crippen molar-refractivity contribution in [3.63, 3.8) is 0 Å². The number of rotatable bonds is 93. The number of phosphoric ester groups is 1. The Hall–Kier alpha value is -1.25. The van der Waals surface area contributed by atoms with Crippen LogP contribution in [0.15, 0.2) is 12.2 Å². The summed E-state index contributed by atoms with van der Waals surface area (Å²) < 4.78 is 34.5. The number of esters is 2. The number of unbranched alkanes of at least 4 members (excludes halogenated alkanes) is 77. The molecule has 632 valence electrons. The number of carbonyl (C=O) groups excluding carboxylic acids is 2. The molecule has 0 aliphatic carbocycles. The third-order valence-electron chi connectivity index (χ3n) is 22.8. The molecule has 0 N–H and O–H groups in total. The lowest BCUT2D eigenvalue weighted by Crippen LogP contribution is -2.37. The van der Waals surface area contributed by atoms with Gasteiger partial charge in [0.25, 0.3) is 7.82 Å². The predicted octanol–water partition coefficient (Wildman–Crippen LogP) is 32.2. The minimum atomic E-state index is -4.64. The molecule has 0 aliphatic heterocycles. The highest BCUT2D eigenvalue weighted by molar-refractivity contribution is 7.45. The fourth-order valence-electron chi connectivity index (χ4n) is 15.4. The molecule has 0 rings (SSSR count). The molecule has 0 radical (unpaired) electrons. The van der Waals surface area contributed by atoms with Gasteiger partial charge in [-0.05, 0) is 38.5 Å². The fourth-order valence-corrected chi connectivity index (χ4v) is 16.2. The standard InChI is InChI=1S/C96H190NO8P/c1-6-8-10-12-14-16-18-20-22-24-26-28-30-32-34-36-38-40-42-44-46-48-50-52-54-56-58-60-62-64-66-68-70-72-74-76-78-80-82-84-86-88-95(98)102-92-94(93-104-106(100,101)103-91-90-97(3,4)5)105-96(99)89-87-85-83-81-79-77-75-73-71-69-67-65-63-61-59-57-55-53-51-49-47-45-43-41-39-37-35-33-31-29-27-25-23-21-19-17-15-13-11-9-7-2/h25,27,94H,6-24,26,28-93H2,1-5H3/b27-25-. The van der Waals surface area contributed by atoms with E-state index in [4.69, 9.17) is 18.5 Å². The van der Waals surface area contributed by atoms with Gasteiger partial charge in [-0.2, -0.15) is 0 Å². The van der Waals surface area contributed by atoms with Crippen molar-refractivity contribution in [2.24, 2.45) is 0 Å². The van der Waals surface area contributed by atoms with E-state index in [-0.39, 0.29) is 32.0 Å². The Morgan fingerprint density at radius 2 is 0.481 bits per heavy atom. The Morgan fingerprint density at radius 1 is 0.283 bits per heavy atom. The highest BCUT2D eigenvalue weighted by Crippen LogP contribution is 2.38. The molecule has 0 aromatic carbocycles. The number of ether oxygens (including phenoxy) is 2. The van der Waals surface area contributed by atoms with Crippen LogP contribution >= 0.6 is 7.82 Å². The van der Waals surface area contributed by atoms with Crippen LogP contribution in [0.2, 0.25) is 0 Å². The normalized spacial score (nSPS) is 12.8. The molecule has 0 saturated carbocycles. The second-order valence-corrected chi connectivity index (χ2v) is 36.2. The maximum absolute atomic E-state index is 12.9. The minimum Gasteiger partial charge on any atom is -0.756 e. The van der Waals surface area contributed by atoms with Crippen molar-refractivity contribution < 1.29 is 42.1 Å². The van der Waals surface area contributed by atoms with E-state index in [2.05, 4.69) is 26.0 Å². The van der Waals surface area contributed by atoms with Crippen LogP contribution < -0.4 is 4.89 Å². The molecular weight excluding hydrogens is 1330 g/mol. The summed E-state index contributed by atoms with van der Waals surface area (Å²) in [4.78, 5) is 38.3. The lowest BCUT2D eigenvalue weighted by molar-refractivity contribution is -0.870. The lowest BCUT2D eigenvalue weighted by Gasteiger charge is -2.28. The molecule has 2 atom stereocenters. The fraction of sp³-hybridized carbons (Fsp3) is 0.958. The first kappa shape index (κ1) is 105. The Labute approximate surface area is 664 Å². The van der Waals surface area contributed by atoms with Gasteiger partial charge in [-0.3, -0.25) is 14.2 Å². The molecule has 0 fully saturated rings. The van der Waals surface area contributed by atoms with Crippen molar-refractivity contribution in [3.05, 3.63) is 12.2 Å². The van der Waals surface area contributed by atoms with E-state index in [1.165, 1.54) is 475 Å². The molecule has 2 unspecified atom stereocenters. The van der Waals surface area contributed by atoms with E-state index >= 15 is 0 Å². The van der Waals surface area contributed by atoms with Crippen LogP contribution in [-0.4, -0.2) is 70.0 Å². The number of allylic oxidation sites excluding steroid dienone is 2. The average molecular weight is 1520 g/mol. The summed E-state index contributed by atoms with van der Waals surface area (Å²) in [5.41, 5.74) is 0. The van der Waals surface area contributed by atoms with Crippen LogP contribution in [-0.2, 0) is 32.7 Å². The van der Waals surface area contributed by atoms with Crippen molar-refractivity contribution in [2.45, 2.75) is 546 Å². The number of carbonyl (C=O) groups is 2. The first-order chi connectivity index (χ1) is 52.0. The number of phosphoric acid groups is 1. The van der Waals surface area contributed by atoms with Gasteiger partial charge in [0.05, 0.1) is 27.7 Å². The zero-order valence-corrected chi connectivity index (χ0v) is 73.6. The monoisotopic (exact) mass is 1520 g/mol. The Balaban J connectivity index is 3.78. The van der Waals surface area contributed by atoms with E-state index in [0.29, 0.717) is 17.4 Å². The van der Waals surface area contributed by atoms with E-state index in [0.717, 1.165) is 32.1 Å². The third kappa shape index (κ3) is 91.6. The molecule has 0 aromatic heterocycles. The first-order valence-corrected chi connectivity index (χ1v) is 49.9. The van der Waals surface area contributed by atoms with E-state index in [9.17, 15) is 19.0 Å². The second-order valence-electron chi connectivity index (χ2n) is 34.8. The molecular formula is C96H190NO8P. The molecule has 0 aromatic rings. The summed E-state index contributed by atoms with van der Waals surface area (Å²) in [5.74, 6) is -0.798. The molecule has 0 amide bonds. The van der Waals surface area contributed by atoms with Gasteiger partial charge in [0.15, 0.2) is 6.10 Å². The van der Waals surface area contributed by atoms with Crippen molar-refractivity contribution in [3.8, 4) is 0 Å². The Morgan fingerprint density at radius 3 is 0.698 bits per heavy atom. The maximum Gasteiger partial charge on any atom is 0.306 e. The molecule has 0 spiro atoms. The summed E-state index contributed by atoms with van der Waals surface area (Å²) >= 11 is 0. The number of likely N-dealkylation sites (N-methyl/N-ethyl adjacent to an activating group) is 1. The van der Waals surface area contributed by atoms with Gasteiger partial charge in [0, 0.05) is 12.8 Å². The van der Waals surface area contributed by atoms with Crippen LogP contribution in [0.25, 0.3) is 0 Å². The Bertz CT molecular complexity index is 1790. The van der Waals surface area contributed by atoms with Gasteiger partial charge in [-0.1, -0.05) is 501 Å². The van der Waals surface area contributed by atoms with Gasteiger partial charge in [0.2, 0.25) is 0 Å². The summed E-state index contributed by atoms with van der Waals surface area (Å²) in [7, 11) is 1.20. The largest absolute Gasteiger partial charge is 0.756 e. The topological polar surface area (TPSA) is 111 Å². The number of quaternary nitrogens is 1. The highest BCUT2D eigenvalue weighted by Gasteiger charge is 2.22. The van der Waals surface area contributed by atoms with Crippen LogP contribution in [0.3, 0.4) is 0 Å². The van der Waals surface area contributed by atoms with Gasteiger partial charge in [-0.25, -0.2) is 0 Å². The van der Waals surface area contributed by atoms with Gasteiger partial charge in [-0.15, -0.1) is 0 Å². The van der Waals surface area contributed by atoms with Crippen molar-refractivity contribution >= 4 is 19.8 Å². The molecule has 106 heavy (non-hydrogen) atoms. The van der Waals surface area contributed by atoms with Gasteiger partial charge >= 0.3 is 11.9 Å². The number of hydrogen-bond acceptors (Lipinski definition) is 8. The molecule has 0 heterocycles. The van der Waals surface area contributed by atoms with E-state index in [1.54, 1.807) is 0 Å². The smallest absolute Gasteiger partial charge is 0.306 e. The van der Waals surface area contributed by atoms with E-state index < -0.39 is 26.5 Å². The highest BCUT2D eigenvalue weighted by atomic mass is 31.2. The number of nitrogens with zero attached hydrogens (tertiary/aromatic N) is 1. The van der Waals surface area contributed by atoms with Crippen LogP contribution in [0.4, 0.5) is 0 Å². The molecule has 0 bridgehead atoms. The predicted molar refractivity (Wildman–Crippen MR) is 462 cm³/mol. The summed E-state index contributed by atoms with van der Waals surface area (Å²) in [6, 6.07) is 0. The SMILES string of the molecule is CCCCCCCCCC/C=C\CCCCCCCCCCCCCCCCCCCCCCCCCCCCCCCC(=O)OC(COC(=O)CCCCCCCCCCCCCCCCCCCCCCCCCCCCCCCCCCCCCCCCCCC)COP(=O)([O-])OCC[N+](C)(C)C. The summed E-state index contributed by atoms with van der Waals surface area (Å²) in [5, 5.41) is 0. The first-order valence-electron chi connectivity index (χ1n) is 48.4. The quantitative estimate of drug-likeness (QED) is 0.0195. The molecule has 9 nitrogen and oxygen atoms in total. The van der Waals surface area contributed by atoms with Gasteiger partial charge in [0.1, 0.15) is 19.8 Å². The average Bonchev–Trinajstić information content (AvgIpc) is 0.908. The zero-order chi connectivity index (χ0) is 76.8.